The first-order valence-electron chi connectivity index (χ1n) is 5.84. The van der Waals surface area contributed by atoms with E-state index in [2.05, 4.69) is 10.3 Å². The first kappa shape index (κ1) is 15.9. The van der Waals surface area contributed by atoms with Crippen molar-refractivity contribution in [3.05, 3.63) is 29.6 Å². The van der Waals surface area contributed by atoms with Crippen LogP contribution in [0.5, 0.6) is 0 Å². The monoisotopic (exact) mass is 290 g/mol. The second-order valence-corrected chi connectivity index (χ2v) is 4.04. The summed E-state index contributed by atoms with van der Waals surface area (Å²) >= 11 is 0. The summed E-state index contributed by atoms with van der Waals surface area (Å²) in [6.07, 6.45) is -3.00. The molecule has 1 aromatic rings. The number of hydrogen-bond acceptors (Lipinski definition) is 3. The quantitative estimate of drug-likeness (QED) is 0.786. The van der Waals surface area contributed by atoms with Gasteiger partial charge in [0.2, 0.25) is 0 Å². The number of nitrogens with one attached hydrogen (secondary N) is 1. The number of alkyl halides is 3. The molecule has 110 valence electrons. The predicted molar refractivity (Wildman–Crippen MR) is 63.1 cm³/mol. The SMILES string of the molecule is O=C(O)CCCCNC(=O)c1ccc(C(F)(F)F)cn1. The van der Waals surface area contributed by atoms with Gasteiger partial charge in [0.05, 0.1) is 5.56 Å². The van der Waals surface area contributed by atoms with E-state index in [-0.39, 0.29) is 18.7 Å². The van der Waals surface area contributed by atoms with E-state index in [0.29, 0.717) is 19.0 Å². The van der Waals surface area contributed by atoms with E-state index in [4.69, 9.17) is 5.11 Å². The fraction of sp³-hybridized carbons (Fsp3) is 0.417. The summed E-state index contributed by atoms with van der Waals surface area (Å²) in [5.41, 5.74) is -1.04. The van der Waals surface area contributed by atoms with Crippen molar-refractivity contribution in [1.82, 2.24) is 10.3 Å². The van der Waals surface area contributed by atoms with Gasteiger partial charge in [0, 0.05) is 19.2 Å². The lowest BCUT2D eigenvalue weighted by Gasteiger charge is -2.07. The Morgan fingerprint density at radius 2 is 1.95 bits per heavy atom. The Kier molecular flexibility index (Phi) is 5.48. The third kappa shape index (κ3) is 5.25. The second-order valence-electron chi connectivity index (χ2n) is 4.04. The van der Waals surface area contributed by atoms with Crippen LogP contribution in [0.25, 0.3) is 0 Å². The average molecular weight is 290 g/mol. The van der Waals surface area contributed by atoms with Crippen LogP contribution in [0, 0.1) is 0 Å². The van der Waals surface area contributed by atoms with Gasteiger partial charge in [0.1, 0.15) is 5.69 Å². The number of amides is 1. The molecular formula is C12H13F3N2O3. The summed E-state index contributed by atoms with van der Waals surface area (Å²) in [7, 11) is 0. The zero-order valence-electron chi connectivity index (χ0n) is 10.4. The van der Waals surface area contributed by atoms with E-state index in [9.17, 15) is 22.8 Å². The van der Waals surface area contributed by atoms with Crippen molar-refractivity contribution in [3.63, 3.8) is 0 Å². The summed E-state index contributed by atoms with van der Waals surface area (Å²) in [6.45, 7) is 0.245. The van der Waals surface area contributed by atoms with Crippen LogP contribution in [-0.4, -0.2) is 28.5 Å². The summed E-state index contributed by atoms with van der Waals surface area (Å²) in [5.74, 6) is -1.50. The Hall–Kier alpha value is -2.12. The van der Waals surface area contributed by atoms with E-state index in [1.54, 1.807) is 0 Å². The summed E-state index contributed by atoms with van der Waals surface area (Å²) < 4.78 is 36.9. The molecule has 8 heteroatoms. The van der Waals surface area contributed by atoms with Crippen LogP contribution < -0.4 is 5.32 Å². The Balaban J connectivity index is 2.42. The van der Waals surface area contributed by atoms with Crippen molar-refractivity contribution in [2.75, 3.05) is 6.54 Å². The number of carbonyl (C=O) groups excluding carboxylic acids is 1. The molecular weight excluding hydrogens is 277 g/mol. The smallest absolute Gasteiger partial charge is 0.417 e. The molecule has 0 unspecified atom stereocenters. The van der Waals surface area contributed by atoms with E-state index in [1.165, 1.54) is 0 Å². The van der Waals surface area contributed by atoms with E-state index < -0.39 is 23.6 Å². The van der Waals surface area contributed by atoms with Crippen molar-refractivity contribution in [2.45, 2.75) is 25.4 Å². The molecule has 0 bridgehead atoms. The third-order valence-corrected chi connectivity index (χ3v) is 2.43. The zero-order chi connectivity index (χ0) is 15.2. The van der Waals surface area contributed by atoms with Crippen LogP contribution in [-0.2, 0) is 11.0 Å². The molecule has 1 rings (SSSR count). The van der Waals surface area contributed by atoms with Crippen molar-refractivity contribution in [2.24, 2.45) is 0 Å². The maximum Gasteiger partial charge on any atom is 0.417 e. The first-order valence-corrected chi connectivity index (χ1v) is 5.84. The Morgan fingerprint density at radius 1 is 1.25 bits per heavy atom. The molecule has 0 saturated carbocycles. The molecule has 20 heavy (non-hydrogen) atoms. The predicted octanol–water partition coefficient (Wildman–Crippen LogP) is 2.09. The zero-order valence-corrected chi connectivity index (χ0v) is 10.4. The normalized spacial score (nSPS) is 11.2. The van der Waals surface area contributed by atoms with Gasteiger partial charge < -0.3 is 10.4 Å². The van der Waals surface area contributed by atoms with Crippen LogP contribution in [0.15, 0.2) is 18.3 Å². The van der Waals surface area contributed by atoms with Crippen molar-refractivity contribution < 1.29 is 27.9 Å². The van der Waals surface area contributed by atoms with E-state index >= 15 is 0 Å². The van der Waals surface area contributed by atoms with Crippen LogP contribution >= 0.6 is 0 Å². The molecule has 2 N–H and O–H groups in total. The lowest BCUT2D eigenvalue weighted by molar-refractivity contribution is -0.138. The fourth-order valence-electron chi connectivity index (χ4n) is 1.39. The molecule has 0 aliphatic rings. The van der Waals surface area contributed by atoms with Crippen molar-refractivity contribution in [1.29, 1.82) is 0 Å². The highest BCUT2D eigenvalue weighted by atomic mass is 19.4. The Morgan fingerprint density at radius 3 is 2.45 bits per heavy atom. The maximum absolute atomic E-state index is 12.3. The number of aliphatic carboxylic acids is 1. The van der Waals surface area contributed by atoms with Crippen LogP contribution in [0.2, 0.25) is 0 Å². The largest absolute Gasteiger partial charge is 0.481 e. The second kappa shape index (κ2) is 6.88. The summed E-state index contributed by atoms with van der Waals surface area (Å²) in [4.78, 5) is 25.2. The number of carbonyl (C=O) groups is 2. The molecule has 0 fully saturated rings. The van der Waals surface area contributed by atoms with E-state index in [1.807, 2.05) is 0 Å². The standard InChI is InChI=1S/C12H13F3N2O3/c13-12(14,15)8-4-5-9(17-7-8)11(20)16-6-2-1-3-10(18)19/h4-5,7H,1-3,6H2,(H,16,20)(H,18,19). The number of halogens is 3. The number of aromatic nitrogens is 1. The highest BCUT2D eigenvalue weighted by Crippen LogP contribution is 2.28. The highest BCUT2D eigenvalue weighted by Gasteiger charge is 2.30. The molecule has 0 spiro atoms. The number of carboxylic acids is 1. The number of nitrogens with zero attached hydrogens (tertiary/aromatic N) is 1. The fourth-order valence-corrected chi connectivity index (χ4v) is 1.39. The van der Waals surface area contributed by atoms with Crippen LogP contribution in [0.4, 0.5) is 13.2 Å². The number of rotatable bonds is 6. The number of unbranched alkanes of at least 4 members (excludes halogenated alkanes) is 1. The van der Waals surface area contributed by atoms with Crippen LogP contribution in [0.3, 0.4) is 0 Å². The third-order valence-electron chi connectivity index (χ3n) is 2.43. The molecule has 1 aromatic heterocycles. The molecule has 1 heterocycles. The highest BCUT2D eigenvalue weighted by molar-refractivity contribution is 5.92. The Labute approximate surface area is 112 Å². The molecule has 0 saturated heterocycles. The minimum Gasteiger partial charge on any atom is -0.481 e. The molecule has 0 atom stereocenters. The van der Waals surface area contributed by atoms with Gasteiger partial charge in [0.15, 0.2) is 0 Å². The van der Waals surface area contributed by atoms with E-state index in [0.717, 1.165) is 12.1 Å². The summed E-state index contributed by atoms with van der Waals surface area (Å²) in [6, 6.07) is 1.78. The molecule has 1 amide bonds. The molecule has 5 nitrogen and oxygen atoms in total. The van der Waals surface area contributed by atoms with Crippen LogP contribution in [0.1, 0.15) is 35.3 Å². The average Bonchev–Trinajstić information content (AvgIpc) is 2.37. The van der Waals surface area contributed by atoms with Crippen molar-refractivity contribution >= 4 is 11.9 Å². The molecule has 0 aliphatic heterocycles. The van der Waals surface area contributed by atoms with Gasteiger partial charge in [-0.3, -0.25) is 14.6 Å². The number of hydrogen-bond donors (Lipinski definition) is 2. The van der Waals surface area contributed by atoms with Gasteiger partial charge in [-0.25, -0.2) is 0 Å². The van der Waals surface area contributed by atoms with Gasteiger partial charge in [-0.2, -0.15) is 13.2 Å². The summed E-state index contributed by atoms with van der Waals surface area (Å²) in [5, 5.41) is 10.9. The minimum atomic E-state index is -4.49. The molecule has 0 aliphatic carbocycles. The molecule has 0 radical (unpaired) electrons. The minimum absolute atomic E-state index is 0.00833. The van der Waals surface area contributed by atoms with Gasteiger partial charge in [0.25, 0.3) is 5.91 Å². The van der Waals surface area contributed by atoms with Gasteiger partial charge in [-0.1, -0.05) is 0 Å². The lowest BCUT2D eigenvalue weighted by atomic mass is 10.2. The lowest BCUT2D eigenvalue weighted by Crippen LogP contribution is -2.25. The maximum atomic E-state index is 12.3. The number of pyridine rings is 1. The number of carboxylic acid groups (broad SMARTS) is 1. The molecule has 0 aromatic carbocycles. The van der Waals surface area contributed by atoms with Crippen molar-refractivity contribution in [3.8, 4) is 0 Å². The van der Waals surface area contributed by atoms with Gasteiger partial charge >= 0.3 is 12.1 Å². The van der Waals surface area contributed by atoms with Gasteiger partial charge in [-0.05, 0) is 25.0 Å². The first-order chi connectivity index (χ1) is 9.30. The van der Waals surface area contributed by atoms with Gasteiger partial charge in [-0.15, -0.1) is 0 Å². The Bertz CT molecular complexity index is 472. The topological polar surface area (TPSA) is 79.3 Å².